The van der Waals surface area contributed by atoms with E-state index in [0.29, 0.717) is 24.8 Å². The summed E-state index contributed by atoms with van der Waals surface area (Å²) in [6, 6.07) is 14.6. The molecule has 3 aliphatic rings. The number of nitrogens with one attached hydrogen (secondary N) is 1. The van der Waals surface area contributed by atoms with Crippen molar-refractivity contribution in [2.24, 2.45) is 0 Å². The van der Waals surface area contributed by atoms with Crippen LogP contribution >= 0.6 is 24.8 Å². The highest BCUT2D eigenvalue weighted by molar-refractivity contribution is 6.03. The van der Waals surface area contributed by atoms with Crippen molar-refractivity contribution in [2.75, 3.05) is 49.5 Å². The Morgan fingerprint density at radius 1 is 0.974 bits per heavy atom. The van der Waals surface area contributed by atoms with E-state index in [9.17, 15) is 9.59 Å². The summed E-state index contributed by atoms with van der Waals surface area (Å²) in [5.74, 6) is 0.0951. The first-order chi connectivity index (χ1) is 16.6. The number of carbonyl (C=O) groups is 2. The second-order valence-corrected chi connectivity index (χ2v) is 9.43. The maximum Gasteiger partial charge on any atom is 0.411 e. The molecular weight excluding hydrogens is 531 g/mol. The number of fused-ring (bicyclic) bond motifs is 3. The Labute approximate surface area is 236 Å². The van der Waals surface area contributed by atoms with Crippen molar-refractivity contribution in [1.29, 1.82) is 0 Å². The molecule has 5 rings (SSSR count). The lowest BCUT2D eigenvalue weighted by molar-refractivity contribution is -0.118. The SMILES string of the molecule is CCOC(=O)Nc1ccc2c(c1)N(C(=O)CCN1CCN3CCCC3C1)c1ccccc1CC2.Cl.Cl.O.O. The van der Waals surface area contributed by atoms with Crippen LogP contribution in [-0.4, -0.2) is 78.1 Å². The van der Waals surface area contributed by atoms with Gasteiger partial charge in [-0.25, -0.2) is 4.79 Å². The maximum atomic E-state index is 13.8. The number of carbonyl (C=O) groups excluding carboxylic acids is 2. The molecule has 2 aromatic carbocycles. The number of piperazine rings is 1. The zero-order valence-electron chi connectivity index (χ0n) is 21.8. The van der Waals surface area contributed by atoms with E-state index in [1.807, 2.05) is 41.3 Å². The van der Waals surface area contributed by atoms with E-state index in [1.54, 1.807) is 6.92 Å². The summed E-state index contributed by atoms with van der Waals surface area (Å²) in [5, 5.41) is 2.79. The predicted molar refractivity (Wildman–Crippen MR) is 155 cm³/mol. The van der Waals surface area contributed by atoms with Crippen molar-refractivity contribution >= 4 is 53.9 Å². The molecule has 0 radical (unpaired) electrons. The number of amides is 2. The van der Waals surface area contributed by atoms with Crippen LogP contribution in [0.2, 0.25) is 0 Å². The minimum atomic E-state index is -0.486. The summed E-state index contributed by atoms with van der Waals surface area (Å²) in [4.78, 5) is 32.7. The molecule has 1 unspecified atom stereocenters. The second-order valence-electron chi connectivity index (χ2n) is 9.43. The van der Waals surface area contributed by atoms with Gasteiger partial charge in [-0.05, 0) is 68.5 Å². The van der Waals surface area contributed by atoms with Gasteiger partial charge >= 0.3 is 6.09 Å². The second kappa shape index (κ2) is 15.3. The molecule has 0 bridgehead atoms. The number of rotatable bonds is 5. The smallest absolute Gasteiger partial charge is 0.411 e. The van der Waals surface area contributed by atoms with E-state index in [1.165, 1.54) is 24.9 Å². The fourth-order valence-corrected chi connectivity index (χ4v) is 5.58. The molecule has 1 atom stereocenters. The van der Waals surface area contributed by atoms with Crippen LogP contribution in [0.25, 0.3) is 0 Å². The summed E-state index contributed by atoms with van der Waals surface area (Å²) in [5.41, 5.74) is 4.71. The van der Waals surface area contributed by atoms with Crippen LogP contribution in [0.3, 0.4) is 0 Å². The number of anilines is 3. The zero-order valence-corrected chi connectivity index (χ0v) is 23.4. The lowest BCUT2D eigenvalue weighted by atomic mass is 10.0. The van der Waals surface area contributed by atoms with Gasteiger partial charge in [-0.3, -0.25) is 24.8 Å². The molecule has 0 saturated carbocycles. The third-order valence-electron chi connectivity index (χ3n) is 7.31. The van der Waals surface area contributed by atoms with Gasteiger partial charge in [0.15, 0.2) is 0 Å². The number of benzene rings is 2. The summed E-state index contributed by atoms with van der Waals surface area (Å²) >= 11 is 0. The van der Waals surface area contributed by atoms with Crippen molar-refractivity contribution in [1.82, 2.24) is 9.80 Å². The van der Waals surface area contributed by atoms with Crippen LogP contribution in [0, 0.1) is 0 Å². The minimum absolute atomic E-state index is 0. The van der Waals surface area contributed by atoms with Crippen molar-refractivity contribution < 1.29 is 25.3 Å². The summed E-state index contributed by atoms with van der Waals surface area (Å²) in [6.45, 7) is 7.29. The van der Waals surface area contributed by atoms with Gasteiger partial charge in [0, 0.05) is 44.3 Å². The Kier molecular flexibility index (Phi) is 13.5. The number of hydrogen-bond acceptors (Lipinski definition) is 5. The van der Waals surface area contributed by atoms with Crippen LogP contribution in [0.15, 0.2) is 42.5 Å². The van der Waals surface area contributed by atoms with Crippen LogP contribution < -0.4 is 10.2 Å². The molecule has 2 amide bonds. The first-order valence-corrected chi connectivity index (χ1v) is 12.6. The third-order valence-corrected chi connectivity index (χ3v) is 7.31. The Bertz CT molecular complexity index is 1070. The van der Waals surface area contributed by atoms with Gasteiger partial charge < -0.3 is 15.7 Å². The summed E-state index contributed by atoms with van der Waals surface area (Å²) in [7, 11) is 0. The zero-order chi connectivity index (χ0) is 23.5. The lowest BCUT2D eigenvalue weighted by Crippen LogP contribution is -2.50. The van der Waals surface area contributed by atoms with Gasteiger partial charge in [0.1, 0.15) is 0 Å². The number of hydrogen-bond donors (Lipinski definition) is 1. The number of aryl methyl sites for hydroxylation is 2. The van der Waals surface area contributed by atoms with E-state index in [-0.39, 0.29) is 41.7 Å². The molecule has 3 heterocycles. The van der Waals surface area contributed by atoms with Crippen molar-refractivity contribution in [3.8, 4) is 0 Å². The predicted octanol–water partition coefficient (Wildman–Crippen LogP) is 3.38. The molecule has 5 N–H and O–H groups in total. The molecule has 9 nitrogen and oxygen atoms in total. The van der Waals surface area contributed by atoms with Crippen LogP contribution in [0.4, 0.5) is 21.9 Å². The molecule has 3 aliphatic heterocycles. The van der Waals surface area contributed by atoms with Gasteiger partial charge in [-0.15, -0.1) is 24.8 Å². The molecule has 0 aliphatic carbocycles. The Balaban J connectivity index is 0.00000180. The molecule has 0 spiro atoms. The highest BCUT2D eigenvalue weighted by Gasteiger charge is 2.31. The van der Waals surface area contributed by atoms with Crippen molar-refractivity contribution in [3.05, 3.63) is 53.6 Å². The largest absolute Gasteiger partial charge is 0.450 e. The first kappa shape index (κ1) is 33.6. The normalized spacial score (nSPS) is 18.0. The summed E-state index contributed by atoms with van der Waals surface area (Å²) < 4.78 is 5.04. The average molecular weight is 572 g/mol. The van der Waals surface area contributed by atoms with Crippen LogP contribution in [-0.2, 0) is 22.4 Å². The molecule has 0 aromatic heterocycles. The van der Waals surface area contributed by atoms with E-state index >= 15 is 0 Å². The molecular formula is C27H40Cl2N4O5. The van der Waals surface area contributed by atoms with Crippen LogP contribution in [0.1, 0.15) is 37.3 Å². The van der Waals surface area contributed by atoms with E-state index in [4.69, 9.17) is 4.74 Å². The highest BCUT2D eigenvalue weighted by Crippen LogP contribution is 2.38. The highest BCUT2D eigenvalue weighted by atomic mass is 35.5. The monoisotopic (exact) mass is 570 g/mol. The Morgan fingerprint density at radius 2 is 1.71 bits per heavy atom. The number of halogens is 2. The van der Waals surface area contributed by atoms with Gasteiger partial charge in [-0.2, -0.15) is 0 Å². The Morgan fingerprint density at radius 3 is 2.47 bits per heavy atom. The van der Waals surface area contributed by atoms with E-state index < -0.39 is 6.09 Å². The maximum absolute atomic E-state index is 13.8. The molecule has 2 aromatic rings. The van der Waals surface area contributed by atoms with Gasteiger partial charge in [0.2, 0.25) is 5.91 Å². The van der Waals surface area contributed by atoms with Gasteiger partial charge in [0.25, 0.3) is 0 Å². The fraction of sp³-hybridized carbons (Fsp3) is 0.481. The number of ether oxygens (including phenoxy) is 1. The molecule has 212 valence electrons. The Hall–Kier alpha value is -2.40. The number of nitrogens with zero attached hydrogens (tertiary/aromatic N) is 3. The average Bonchev–Trinajstić information content (AvgIpc) is 3.24. The van der Waals surface area contributed by atoms with Gasteiger partial charge in [0.05, 0.1) is 18.0 Å². The standard InChI is InChI=1S/C27H34N4O3.2ClH.2H2O/c1-2-34-27(33)28-22-12-11-21-10-9-20-6-3-4-8-24(20)31(25(21)18-22)26(32)13-15-29-16-17-30-14-5-7-23(30)19-29;;;;/h3-4,6,8,11-12,18,23H,2,5,7,9-10,13-17,19H2,1H3,(H,28,33);2*1H;2*1H2. The quantitative estimate of drug-likeness (QED) is 0.589. The van der Waals surface area contributed by atoms with Crippen molar-refractivity contribution in [3.63, 3.8) is 0 Å². The topological polar surface area (TPSA) is 128 Å². The summed E-state index contributed by atoms with van der Waals surface area (Å²) in [6.07, 6.45) is 4.27. The van der Waals surface area contributed by atoms with E-state index in [2.05, 4.69) is 21.2 Å². The fourth-order valence-electron chi connectivity index (χ4n) is 5.58. The minimum Gasteiger partial charge on any atom is -0.450 e. The lowest BCUT2D eigenvalue weighted by Gasteiger charge is -2.37. The molecule has 38 heavy (non-hydrogen) atoms. The van der Waals surface area contributed by atoms with Gasteiger partial charge in [-0.1, -0.05) is 24.3 Å². The number of para-hydroxylation sites is 1. The molecule has 11 heteroatoms. The third kappa shape index (κ3) is 7.37. The van der Waals surface area contributed by atoms with E-state index in [0.717, 1.165) is 56.0 Å². The molecule has 2 saturated heterocycles. The molecule has 2 fully saturated rings. The van der Waals surface area contributed by atoms with Crippen LogP contribution in [0.5, 0.6) is 0 Å². The van der Waals surface area contributed by atoms with Crippen molar-refractivity contribution in [2.45, 2.75) is 45.1 Å². The first-order valence-electron chi connectivity index (χ1n) is 12.6.